The highest BCUT2D eigenvalue weighted by molar-refractivity contribution is 6.31. The molecular formula is C31H34Cl2N4O8. The number of halogens is 2. The van der Waals surface area contributed by atoms with Crippen LogP contribution in [0.1, 0.15) is 37.7 Å². The number of hydrogen-bond acceptors (Lipinski definition) is 10. The molecule has 3 aliphatic rings. The number of benzene rings is 1. The van der Waals surface area contributed by atoms with E-state index < -0.39 is 24.0 Å². The van der Waals surface area contributed by atoms with E-state index in [2.05, 4.69) is 21.2 Å². The number of hydrogen-bond donors (Lipinski definition) is 3. The number of hydrazone groups is 1. The quantitative estimate of drug-likeness (QED) is 0.227. The normalized spacial score (nSPS) is 19.9. The van der Waals surface area contributed by atoms with Crippen LogP contribution in [0, 0.1) is 0 Å². The minimum Gasteiger partial charge on any atom is -0.466 e. The molecule has 0 saturated heterocycles. The third-order valence-electron chi connectivity index (χ3n) is 7.29. The maximum Gasteiger partial charge on any atom is 0.336 e. The van der Waals surface area contributed by atoms with Gasteiger partial charge in [0, 0.05) is 35.1 Å². The molecule has 2 aliphatic heterocycles. The van der Waals surface area contributed by atoms with Gasteiger partial charge in [0.15, 0.2) is 0 Å². The first-order valence-corrected chi connectivity index (χ1v) is 14.9. The number of carbonyl (C=O) groups is 4. The largest absolute Gasteiger partial charge is 0.466 e. The van der Waals surface area contributed by atoms with Crippen LogP contribution in [0.15, 0.2) is 74.7 Å². The van der Waals surface area contributed by atoms with E-state index in [1.165, 1.54) is 14.2 Å². The van der Waals surface area contributed by atoms with Crippen molar-refractivity contribution in [3.8, 4) is 0 Å². The lowest BCUT2D eigenvalue weighted by Gasteiger charge is -2.31. The van der Waals surface area contributed by atoms with Gasteiger partial charge >= 0.3 is 11.9 Å². The molecule has 2 unspecified atom stereocenters. The molecule has 0 fully saturated rings. The van der Waals surface area contributed by atoms with Gasteiger partial charge in [-0.1, -0.05) is 47.5 Å². The van der Waals surface area contributed by atoms with Gasteiger partial charge in [-0.25, -0.2) is 15.0 Å². The van der Waals surface area contributed by atoms with Crippen molar-refractivity contribution in [1.29, 1.82) is 0 Å². The summed E-state index contributed by atoms with van der Waals surface area (Å²) >= 11 is 12.9. The van der Waals surface area contributed by atoms with Crippen molar-refractivity contribution in [2.45, 2.75) is 38.2 Å². The van der Waals surface area contributed by atoms with Crippen molar-refractivity contribution < 1.29 is 38.1 Å². The summed E-state index contributed by atoms with van der Waals surface area (Å²) < 4.78 is 21.6. The molecule has 45 heavy (non-hydrogen) atoms. The highest BCUT2D eigenvalue weighted by Crippen LogP contribution is 2.41. The third kappa shape index (κ3) is 8.40. The monoisotopic (exact) mass is 660 g/mol. The van der Waals surface area contributed by atoms with Crippen LogP contribution < -0.4 is 16.1 Å². The summed E-state index contributed by atoms with van der Waals surface area (Å²) in [5.41, 5.74) is 5.80. The Kier molecular flexibility index (Phi) is 11.9. The van der Waals surface area contributed by atoms with Gasteiger partial charge in [0.1, 0.15) is 6.61 Å². The second-order valence-electron chi connectivity index (χ2n) is 10.2. The van der Waals surface area contributed by atoms with E-state index in [9.17, 15) is 19.2 Å². The van der Waals surface area contributed by atoms with Crippen molar-refractivity contribution >= 4 is 52.7 Å². The number of nitrogens with zero attached hydrogens (tertiary/aromatic N) is 1. The maximum atomic E-state index is 13.0. The summed E-state index contributed by atoms with van der Waals surface area (Å²) in [6.07, 6.45) is 4.51. The lowest BCUT2D eigenvalue weighted by atomic mass is 9.80. The Labute approximate surface area is 270 Å². The van der Waals surface area contributed by atoms with Crippen molar-refractivity contribution in [3.63, 3.8) is 0 Å². The Morgan fingerprint density at radius 1 is 1.07 bits per heavy atom. The molecule has 4 rings (SSSR count). The number of nitrogens with one attached hydrogen (secondary N) is 3. The fraction of sp³-hybridized carbons (Fsp3) is 0.387. The molecule has 0 saturated carbocycles. The first-order valence-electron chi connectivity index (χ1n) is 14.2. The minimum atomic E-state index is -0.863. The van der Waals surface area contributed by atoms with Crippen LogP contribution in [0.4, 0.5) is 0 Å². The van der Waals surface area contributed by atoms with Gasteiger partial charge in [-0.3, -0.25) is 9.59 Å². The van der Waals surface area contributed by atoms with Gasteiger partial charge in [0.05, 0.1) is 62.0 Å². The molecule has 3 N–H and O–H groups in total. The van der Waals surface area contributed by atoms with Gasteiger partial charge in [0.2, 0.25) is 11.8 Å². The van der Waals surface area contributed by atoms with Crippen LogP contribution >= 0.6 is 23.2 Å². The van der Waals surface area contributed by atoms with Crippen LogP contribution in [-0.2, 0) is 38.1 Å². The van der Waals surface area contributed by atoms with Crippen molar-refractivity contribution in [2.75, 3.05) is 40.6 Å². The smallest absolute Gasteiger partial charge is 0.336 e. The molecule has 12 nitrogen and oxygen atoms in total. The van der Waals surface area contributed by atoms with Crippen molar-refractivity contribution in [2.24, 2.45) is 5.10 Å². The Morgan fingerprint density at radius 3 is 2.47 bits per heavy atom. The fourth-order valence-corrected chi connectivity index (χ4v) is 5.62. The van der Waals surface area contributed by atoms with Gasteiger partial charge < -0.3 is 29.6 Å². The molecule has 2 heterocycles. The molecule has 0 spiro atoms. The van der Waals surface area contributed by atoms with Crippen LogP contribution in [0.3, 0.4) is 0 Å². The lowest BCUT2D eigenvalue weighted by Crippen LogP contribution is -2.35. The van der Waals surface area contributed by atoms with Crippen molar-refractivity contribution in [3.05, 3.63) is 80.1 Å². The average Bonchev–Trinajstić information content (AvgIpc) is 3.03. The summed E-state index contributed by atoms with van der Waals surface area (Å²) in [7, 11) is 2.51. The summed E-state index contributed by atoms with van der Waals surface area (Å²) in [5, 5.41) is 10.7. The molecule has 1 aromatic carbocycles. The van der Waals surface area contributed by atoms with E-state index >= 15 is 0 Å². The van der Waals surface area contributed by atoms with E-state index in [1.54, 1.807) is 37.3 Å². The van der Waals surface area contributed by atoms with E-state index in [4.69, 9.17) is 42.1 Å². The zero-order valence-corrected chi connectivity index (χ0v) is 26.5. The first-order chi connectivity index (χ1) is 21.6. The standard InChI is InChI=1S/C31H34Cl2N4O8/c1-17-27(30(40)42-2)28(19-6-4-5-7-20(19)32)29(31(41)43-3)23(35-17)15-44-13-12-34-26(39)16-45-24-10-8-18(14-21(24)33)22-9-11-25(38)37-36-22/h4-8,14,24,28,35H,9-13,15-16H2,1-3H3,(H,34,39)(H,37,38). The molecule has 0 bridgehead atoms. The second-order valence-corrected chi connectivity index (χ2v) is 11.1. The highest BCUT2D eigenvalue weighted by atomic mass is 35.5. The molecule has 1 aliphatic carbocycles. The minimum absolute atomic E-state index is 0.0460. The number of dihydropyridines is 1. The van der Waals surface area contributed by atoms with E-state index in [1.807, 2.05) is 6.08 Å². The molecule has 2 atom stereocenters. The molecule has 14 heteroatoms. The SMILES string of the molecule is COC(=O)C1=C(C)NC(COCCNC(=O)COC2CC=C(C3=NNC(=O)CC3)C=C2Cl)=C(C(=O)OC)C1c1ccccc1Cl. The zero-order chi connectivity index (χ0) is 32.5. The molecule has 1 aromatic rings. The van der Waals surface area contributed by atoms with Crippen LogP contribution in [-0.4, -0.2) is 76.2 Å². The highest BCUT2D eigenvalue weighted by Gasteiger charge is 2.39. The Morgan fingerprint density at radius 2 is 1.80 bits per heavy atom. The molecule has 0 aromatic heterocycles. The number of ether oxygens (including phenoxy) is 4. The molecule has 0 radical (unpaired) electrons. The number of carbonyl (C=O) groups excluding carboxylic acids is 4. The molecule has 240 valence electrons. The summed E-state index contributed by atoms with van der Waals surface area (Å²) in [6, 6.07) is 6.90. The third-order valence-corrected chi connectivity index (χ3v) is 7.99. The van der Waals surface area contributed by atoms with Crippen LogP contribution in [0.25, 0.3) is 0 Å². The average molecular weight is 662 g/mol. The predicted octanol–water partition coefficient (Wildman–Crippen LogP) is 3.14. The maximum absolute atomic E-state index is 13.0. The van der Waals surface area contributed by atoms with Crippen molar-refractivity contribution in [1.82, 2.24) is 16.1 Å². The fourth-order valence-electron chi connectivity index (χ4n) is 5.10. The number of amides is 2. The van der Waals surface area contributed by atoms with Crippen LogP contribution in [0.5, 0.6) is 0 Å². The number of allylic oxidation sites excluding steroid dienone is 3. The molecular weight excluding hydrogens is 627 g/mol. The van der Waals surface area contributed by atoms with Gasteiger partial charge in [0.25, 0.3) is 0 Å². The summed E-state index contributed by atoms with van der Waals surface area (Å²) in [4.78, 5) is 49.6. The van der Waals surface area contributed by atoms with E-state index in [-0.39, 0.29) is 49.3 Å². The Balaban J connectivity index is 1.32. The van der Waals surface area contributed by atoms with Gasteiger partial charge in [-0.2, -0.15) is 5.10 Å². The van der Waals surface area contributed by atoms with E-state index in [0.29, 0.717) is 46.3 Å². The lowest BCUT2D eigenvalue weighted by molar-refractivity contribution is -0.137. The zero-order valence-electron chi connectivity index (χ0n) is 25.0. The molecule has 2 amide bonds. The van der Waals surface area contributed by atoms with Gasteiger partial charge in [-0.05, 0) is 36.6 Å². The van der Waals surface area contributed by atoms with Gasteiger partial charge in [-0.15, -0.1) is 0 Å². The number of rotatable bonds is 12. The second kappa shape index (κ2) is 15.8. The summed E-state index contributed by atoms with van der Waals surface area (Å²) in [5.74, 6) is -2.63. The Bertz CT molecular complexity index is 1510. The first kappa shape index (κ1) is 33.9. The number of methoxy groups -OCH3 is 2. The predicted molar refractivity (Wildman–Crippen MR) is 166 cm³/mol. The number of esters is 2. The van der Waals surface area contributed by atoms with E-state index in [0.717, 1.165) is 11.3 Å². The summed E-state index contributed by atoms with van der Waals surface area (Å²) in [6.45, 7) is 1.72. The topological polar surface area (TPSA) is 154 Å². The van der Waals surface area contributed by atoms with Crippen LogP contribution in [0.2, 0.25) is 5.02 Å². The Hall–Kier alpha value is -3.97.